The molecule has 0 radical (unpaired) electrons. The lowest BCUT2D eigenvalue weighted by molar-refractivity contribution is -0.00677. The highest BCUT2D eigenvalue weighted by molar-refractivity contribution is 6.32. The lowest BCUT2D eigenvalue weighted by Gasteiger charge is -2.38. The molecule has 0 aliphatic carbocycles. The molecular formula is C13H16ClNO. The van der Waals surface area contributed by atoms with Crippen molar-refractivity contribution in [1.29, 1.82) is 0 Å². The average Bonchev–Trinajstić information content (AvgIpc) is 2.33. The van der Waals surface area contributed by atoms with Crippen LogP contribution in [0.5, 0.6) is 0 Å². The second-order valence-electron chi connectivity index (χ2n) is 4.71. The molecule has 1 fully saturated rings. The number of benzene rings is 1. The van der Waals surface area contributed by atoms with Gasteiger partial charge >= 0.3 is 0 Å². The molecule has 0 aromatic heterocycles. The standard InChI is InChI=1S/C13H16ClNO/c1-8-2-3-9-10-6-15-5-4-12(10)16-7-11(9)13(8)14/h2-3,10,12,15H,4-7H2,1H3/t10-,12-/m0/s1. The third kappa shape index (κ3) is 1.56. The van der Waals surface area contributed by atoms with Crippen LogP contribution in [0.4, 0.5) is 0 Å². The van der Waals surface area contributed by atoms with Gasteiger partial charge < -0.3 is 10.1 Å². The van der Waals surface area contributed by atoms with Crippen molar-refractivity contribution in [1.82, 2.24) is 5.32 Å². The van der Waals surface area contributed by atoms with E-state index in [-0.39, 0.29) is 0 Å². The Morgan fingerprint density at radius 1 is 1.44 bits per heavy atom. The number of ether oxygens (including phenoxy) is 1. The van der Waals surface area contributed by atoms with Gasteiger partial charge in [0.2, 0.25) is 0 Å². The monoisotopic (exact) mass is 237 g/mol. The topological polar surface area (TPSA) is 21.3 Å². The summed E-state index contributed by atoms with van der Waals surface area (Å²) in [4.78, 5) is 0. The second kappa shape index (κ2) is 4.02. The summed E-state index contributed by atoms with van der Waals surface area (Å²) in [6, 6.07) is 4.35. The zero-order valence-electron chi connectivity index (χ0n) is 9.42. The summed E-state index contributed by atoms with van der Waals surface area (Å²) in [5, 5.41) is 4.33. The van der Waals surface area contributed by atoms with Crippen LogP contribution >= 0.6 is 11.6 Å². The lowest BCUT2D eigenvalue weighted by atomic mass is 9.83. The third-order valence-electron chi connectivity index (χ3n) is 3.73. The molecule has 2 nitrogen and oxygen atoms in total. The van der Waals surface area contributed by atoms with E-state index < -0.39 is 0 Å². The molecule has 0 spiro atoms. The van der Waals surface area contributed by atoms with Crippen LogP contribution in [0, 0.1) is 6.92 Å². The van der Waals surface area contributed by atoms with E-state index >= 15 is 0 Å². The van der Waals surface area contributed by atoms with Gasteiger partial charge in [-0.1, -0.05) is 23.7 Å². The third-order valence-corrected chi connectivity index (χ3v) is 4.26. The molecule has 3 heteroatoms. The number of hydrogen-bond acceptors (Lipinski definition) is 2. The van der Waals surface area contributed by atoms with Crippen molar-refractivity contribution in [3.63, 3.8) is 0 Å². The van der Waals surface area contributed by atoms with Gasteiger partial charge in [0.25, 0.3) is 0 Å². The van der Waals surface area contributed by atoms with Crippen molar-refractivity contribution in [2.75, 3.05) is 13.1 Å². The van der Waals surface area contributed by atoms with Crippen LogP contribution in [0.25, 0.3) is 0 Å². The largest absolute Gasteiger partial charge is 0.373 e. The number of halogens is 1. The zero-order valence-corrected chi connectivity index (χ0v) is 10.2. The molecule has 0 bridgehead atoms. The van der Waals surface area contributed by atoms with Gasteiger partial charge in [0.05, 0.1) is 12.7 Å². The minimum atomic E-state index is 0.382. The van der Waals surface area contributed by atoms with Crippen molar-refractivity contribution >= 4 is 11.6 Å². The molecule has 0 saturated carbocycles. The van der Waals surface area contributed by atoms with E-state index in [1.165, 1.54) is 11.1 Å². The Bertz CT molecular complexity index is 419. The first kappa shape index (κ1) is 10.6. The highest BCUT2D eigenvalue weighted by atomic mass is 35.5. The zero-order chi connectivity index (χ0) is 11.1. The normalized spacial score (nSPS) is 28.4. The second-order valence-corrected chi connectivity index (χ2v) is 5.09. The van der Waals surface area contributed by atoms with E-state index in [1.807, 2.05) is 6.92 Å². The van der Waals surface area contributed by atoms with Gasteiger partial charge in [-0.15, -0.1) is 0 Å². The Morgan fingerprint density at radius 2 is 2.31 bits per heavy atom. The van der Waals surface area contributed by atoms with Gasteiger partial charge in [0.15, 0.2) is 0 Å². The molecule has 16 heavy (non-hydrogen) atoms. The van der Waals surface area contributed by atoms with Crippen LogP contribution in [0.2, 0.25) is 5.02 Å². The predicted molar refractivity (Wildman–Crippen MR) is 65.0 cm³/mol. The van der Waals surface area contributed by atoms with E-state index in [2.05, 4.69) is 17.4 Å². The molecule has 0 unspecified atom stereocenters. The molecule has 1 N–H and O–H groups in total. The van der Waals surface area contributed by atoms with Crippen LogP contribution in [0.3, 0.4) is 0 Å². The molecular weight excluding hydrogens is 222 g/mol. The summed E-state index contributed by atoms with van der Waals surface area (Å²) in [6.07, 6.45) is 1.49. The van der Waals surface area contributed by atoms with Crippen LogP contribution in [-0.4, -0.2) is 19.2 Å². The fourth-order valence-corrected chi connectivity index (χ4v) is 3.01. The van der Waals surface area contributed by atoms with Crippen molar-refractivity contribution in [2.24, 2.45) is 0 Å². The maximum absolute atomic E-state index is 6.34. The van der Waals surface area contributed by atoms with Crippen LogP contribution in [0.1, 0.15) is 29.0 Å². The predicted octanol–water partition coefficient (Wildman–Crippen LogP) is 2.62. The van der Waals surface area contributed by atoms with Crippen molar-refractivity contribution < 1.29 is 4.74 Å². The van der Waals surface area contributed by atoms with Gasteiger partial charge in [-0.25, -0.2) is 0 Å². The molecule has 1 aromatic carbocycles. The van der Waals surface area contributed by atoms with E-state index in [0.717, 1.165) is 30.1 Å². The van der Waals surface area contributed by atoms with Crippen molar-refractivity contribution in [2.45, 2.75) is 32.0 Å². The highest BCUT2D eigenvalue weighted by Gasteiger charge is 2.33. The fourth-order valence-electron chi connectivity index (χ4n) is 2.78. The average molecular weight is 238 g/mol. The number of nitrogens with one attached hydrogen (secondary N) is 1. The first-order chi connectivity index (χ1) is 7.77. The number of hydrogen-bond donors (Lipinski definition) is 1. The SMILES string of the molecule is Cc1ccc2c(c1Cl)CO[C@H]1CCNC[C@@H]21. The summed E-state index contributed by atoms with van der Waals surface area (Å²) in [5.41, 5.74) is 3.73. The number of aryl methyl sites for hydroxylation is 1. The van der Waals surface area contributed by atoms with Gasteiger partial charge in [0, 0.05) is 23.0 Å². The smallest absolute Gasteiger partial charge is 0.0738 e. The Kier molecular flexibility index (Phi) is 2.66. The minimum Gasteiger partial charge on any atom is -0.373 e. The summed E-state index contributed by atoms with van der Waals surface area (Å²) in [6.45, 7) is 4.80. The van der Waals surface area contributed by atoms with E-state index in [4.69, 9.17) is 16.3 Å². The quantitative estimate of drug-likeness (QED) is 0.749. The maximum Gasteiger partial charge on any atom is 0.0738 e. The number of rotatable bonds is 0. The van der Waals surface area contributed by atoms with Crippen LogP contribution in [-0.2, 0) is 11.3 Å². The summed E-state index contributed by atoms with van der Waals surface area (Å²) >= 11 is 6.34. The van der Waals surface area contributed by atoms with E-state index in [0.29, 0.717) is 18.6 Å². The fraction of sp³-hybridized carbons (Fsp3) is 0.538. The van der Waals surface area contributed by atoms with Gasteiger partial charge in [-0.3, -0.25) is 0 Å². The highest BCUT2D eigenvalue weighted by Crippen LogP contribution is 2.38. The summed E-state index contributed by atoms with van der Waals surface area (Å²) in [7, 11) is 0. The van der Waals surface area contributed by atoms with Crippen LogP contribution in [0.15, 0.2) is 12.1 Å². The summed E-state index contributed by atoms with van der Waals surface area (Å²) < 4.78 is 5.92. The van der Waals surface area contributed by atoms with Gasteiger partial charge in [-0.2, -0.15) is 0 Å². The van der Waals surface area contributed by atoms with E-state index in [9.17, 15) is 0 Å². The molecule has 86 valence electrons. The number of fused-ring (bicyclic) bond motifs is 3. The summed E-state index contributed by atoms with van der Waals surface area (Å²) in [5.74, 6) is 0.482. The first-order valence-corrected chi connectivity index (χ1v) is 6.25. The Hall–Kier alpha value is -0.570. The van der Waals surface area contributed by atoms with Crippen LogP contribution < -0.4 is 5.32 Å². The van der Waals surface area contributed by atoms with Gasteiger partial charge in [-0.05, 0) is 31.0 Å². The van der Waals surface area contributed by atoms with E-state index in [1.54, 1.807) is 0 Å². The molecule has 2 aliphatic heterocycles. The molecule has 1 aromatic rings. The Morgan fingerprint density at radius 3 is 3.19 bits per heavy atom. The Balaban J connectivity index is 2.05. The molecule has 1 saturated heterocycles. The lowest BCUT2D eigenvalue weighted by Crippen LogP contribution is -2.42. The molecule has 2 atom stereocenters. The molecule has 2 aliphatic rings. The minimum absolute atomic E-state index is 0.382. The molecule has 2 heterocycles. The Labute approximate surface area is 101 Å². The first-order valence-electron chi connectivity index (χ1n) is 5.87. The maximum atomic E-state index is 6.34. The number of piperidine rings is 1. The molecule has 0 amide bonds. The van der Waals surface area contributed by atoms with Gasteiger partial charge in [0.1, 0.15) is 0 Å². The van der Waals surface area contributed by atoms with Crippen molar-refractivity contribution in [3.8, 4) is 0 Å². The molecule has 3 rings (SSSR count). The van der Waals surface area contributed by atoms with Crippen molar-refractivity contribution in [3.05, 3.63) is 33.8 Å².